The van der Waals surface area contributed by atoms with Crippen LogP contribution in [0.25, 0.3) is 0 Å². The minimum absolute atomic E-state index is 0.0174. The first-order valence-corrected chi connectivity index (χ1v) is 5.68. The fourth-order valence-electron chi connectivity index (χ4n) is 2.62. The van der Waals surface area contributed by atoms with Gasteiger partial charge in [0.25, 0.3) is 0 Å². The largest absolute Gasteiger partial charge is 0.479 e. The van der Waals surface area contributed by atoms with Gasteiger partial charge in [0.15, 0.2) is 11.9 Å². The summed E-state index contributed by atoms with van der Waals surface area (Å²) in [5.41, 5.74) is -1.26. The van der Waals surface area contributed by atoms with E-state index in [1.54, 1.807) is 0 Å². The summed E-state index contributed by atoms with van der Waals surface area (Å²) in [7, 11) is 0. The van der Waals surface area contributed by atoms with Gasteiger partial charge in [-0.15, -0.1) is 0 Å². The smallest absolute Gasteiger partial charge is 0.338 e. The summed E-state index contributed by atoms with van der Waals surface area (Å²) in [4.78, 5) is 22.4. The van der Waals surface area contributed by atoms with Crippen LogP contribution in [-0.4, -0.2) is 41.5 Å². The third-order valence-electron chi connectivity index (χ3n) is 3.90. The lowest BCUT2D eigenvalue weighted by Crippen LogP contribution is -2.60. The molecule has 2 heterocycles. The molecule has 17 heavy (non-hydrogen) atoms. The number of hydrogen-bond donors (Lipinski definition) is 2. The van der Waals surface area contributed by atoms with Crippen LogP contribution >= 0.6 is 0 Å². The Bertz CT molecular complexity index is 356. The van der Waals surface area contributed by atoms with Crippen molar-refractivity contribution >= 4 is 11.9 Å². The van der Waals surface area contributed by atoms with Gasteiger partial charge in [-0.3, -0.25) is 4.79 Å². The molecule has 2 bridgehead atoms. The maximum absolute atomic E-state index is 11.3. The fraction of sp³-hybridized carbons (Fsp3) is 0.818. The van der Waals surface area contributed by atoms with Gasteiger partial charge in [-0.25, -0.2) is 4.79 Å². The Morgan fingerprint density at radius 3 is 2.59 bits per heavy atom. The minimum atomic E-state index is -1.26. The average Bonchev–Trinajstić information content (AvgIpc) is 2.65. The van der Waals surface area contributed by atoms with E-state index in [9.17, 15) is 14.7 Å². The molecule has 2 rings (SSSR count). The van der Waals surface area contributed by atoms with Gasteiger partial charge >= 0.3 is 5.97 Å². The van der Waals surface area contributed by atoms with Crippen molar-refractivity contribution in [2.24, 2.45) is 11.8 Å². The molecular weight excluding hydrogens is 226 g/mol. The number of hydrogen-bond acceptors (Lipinski definition) is 4. The van der Waals surface area contributed by atoms with Crippen LogP contribution in [0, 0.1) is 11.8 Å². The summed E-state index contributed by atoms with van der Waals surface area (Å²) >= 11 is 0. The number of carbonyl (C=O) groups excluding carboxylic acids is 1. The molecule has 2 aliphatic heterocycles. The average molecular weight is 243 g/mol. The molecule has 6 heteroatoms. The number of rotatable bonds is 2. The number of nitrogens with one attached hydrogen (secondary N) is 1. The Balaban J connectivity index is 2.25. The highest BCUT2D eigenvalue weighted by molar-refractivity contribution is 5.79. The van der Waals surface area contributed by atoms with Crippen molar-refractivity contribution in [2.75, 3.05) is 6.61 Å². The first-order chi connectivity index (χ1) is 7.88. The quantitative estimate of drug-likeness (QED) is 0.711. The standard InChI is InChI=1S/C11H17NO5/c1-5-6(2)11(10(14)15)4-16-9(17-11)8(5)12-7(3)13/h5-6,8-9H,4H2,1-3H3,(H,12,13)(H,14,15)/t5-,6+,8+,9-,11-/m0/s1. The SMILES string of the molecule is CC(=O)N[C@H]1[C@H]2OC[C@](C(=O)O)(O2)[C@H](C)[C@@H]1C. The van der Waals surface area contributed by atoms with Gasteiger partial charge in [0.2, 0.25) is 5.91 Å². The van der Waals surface area contributed by atoms with Crippen LogP contribution in [0.1, 0.15) is 20.8 Å². The lowest BCUT2D eigenvalue weighted by molar-refractivity contribution is -0.200. The summed E-state index contributed by atoms with van der Waals surface area (Å²) in [5, 5.41) is 12.0. The topological polar surface area (TPSA) is 84.9 Å². The molecular formula is C11H17NO5. The summed E-state index contributed by atoms with van der Waals surface area (Å²) in [6.07, 6.45) is -0.666. The van der Waals surface area contributed by atoms with E-state index in [-0.39, 0.29) is 30.4 Å². The van der Waals surface area contributed by atoms with E-state index in [2.05, 4.69) is 5.32 Å². The maximum Gasteiger partial charge on any atom is 0.338 e. The van der Waals surface area contributed by atoms with Gasteiger partial charge < -0.3 is 19.9 Å². The Morgan fingerprint density at radius 2 is 2.06 bits per heavy atom. The normalized spacial score (nSPS) is 44.4. The van der Waals surface area contributed by atoms with Crippen molar-refractivity contribution in [1.29, 1.82) is 0 Å². The number of fused-ring (bicyclic) bond motifs is 2. The van der Waals surface area contributed by atoms with Crippen LogP contribution in [0.15, 0.2) is 0 Å². The molecule has 0 aromatic rings. The molecule has 6 nitrogen and oxygen atoms in total. The first-order valence-electron chi connectivity index (χ1n) is 5.68. The molecule has 0 aromatic carbocycles. The first kappa shape index (κ1) is 12.3. The lowest BCUT2D eigenvalue weighted by atomic mass is 9.75. The zero-order chi connectivity index (χ0) is 12.8. The molecule has 2 fully saturated rings. The van der Waals surface area contributed by atoms with Crippen LogP contribution < -0.4 is 5.32 Å². The van der Waals surface area contributed by atoms with Crippen LogP contribution in [-0.2, 0) is 19.1 Å². The number of ether oxygens (including phenoxy) is 2. The Labute approximate surface area is 99.3 Å². The van der Waals surface area contributed by atoms with Crippen LogP contribution in [0.4, 0.5) is 0 Å². The van der Waals surface area contributed by atoms with E-state index < -0.39 is 17.9 Å². The summed E-state index contributed by atoms with van der Waals surface area (Å²) in [6, 6.07) is -0.294. The maximum atomic E-state index is 11.3. The van der Waals surface area contributed by atoms with Crippen LogP contribution in [0.3, 0.4) is 0 Å². The van der Waals surface area contributed by atoms with Crippen LogP contribution in [0.2, 0.25) is 0 Å². The second kappa shape index (κ2) is 3.96. The highest BCUT2D eigenvalue weighted by Gasteiger charge is 2.61. The highest BCUT2D eigenvalue weighted by Crippen LogP contribution is 2.43. The molecule has 0 spiro atoms. The molecule has 96 valence electrons. The second-order valence-corrected chi connectivity index (χ2v) is 4.87. The molecule has 0 radical (unpaired) electrons. The van der Waals surface area contributed by atoms with E-state index in [0.29, 0.717) is 0 Å². The van der Waals surface area contributed by atoms with Crippen molar-refractivity contribution in [2.45, 2.75) is 38.7 Å². The third-order valence-corrected chi connectivity index (χ3v) is 3.90. The van der Waals surface area contributed by atoms with Crippen molar-refractivity contribution in [1.82, 2.24) is 5.32 Å². The van der Waals surface area contributed by atoms with Crippen molar-refractivity contribution in [3.05, 3.63) is 0 Å². The zero-order valence-corrected chi connectivity index (χ0v) is 10.1. The van der Waals surface area contributed by atoms with Crippen molar-refractivity contribution in [3.8, 4) is 0 Å². The van der Waals surface area contributed by atoms with Gasteiger partial charge in [-0.05, 0) is 5.92 Å². The van der Waals surface area contributed by atoms with E-state index in [1.165, 1.54) is 6.92 Å². The molecule has 1 amide bonds. The molecule has 0 aliphatic carbocycles. The van der Waals surface area contributed by atoms with Gasteiger partial charge in [0, 0.05) is 12.8 Å². The number of carboxylic acid groups (broad SMARTS) is 1. The highest BCUT2D eigenvalue weighted by atomic mass is 16.7. The predicted octanol–water partition coefficient (Wildman–Crippen LogP) is -0.0268. The molecule has 5 atom stereocenters. The number of carbonyl (C=O) groups is 2. The molecule has 2 saturated heterocycles. The molecule has 0 aromatic heterocycles. The Morgan fingerprint density at radius 1 is 1.41 bits per heavy atom. The number of aliphatic carboxylic acids is 1. The number of carboxylic acids is 1. The monoisotopic (exact) mass is 243 g/mol. The molecule has 2 N–H and O–H groups in total. The predicted molar refractivity (Wildman–Crippen MR) is 57.1 cm³/mol. The third kappa shape index (κ3) is 1.71. The molecule has 0 saturated carbocycles. The van der Waals surface area contributed by atoms with Crippen LogP contribution in [0.5, 0.6) is 0 Å². The summed E-state index contributed by atoms with van der Waals surface area (Å²) < 4.78 is 10.9. The molecule has 0 unspecified atom stereocenters. The Hall–Kier alpha value is -1.14. The van der Waals surface area contributed by atoms with Gasteiger partial charge in [0.05, 0.1) is 12.6 Å². The number of amides is 1. The van der Waals surface area contributed by atoms with Gasteiger partial charge in [-0.1, -0.05) is 13.8 Å². The second-order valence-electron chi connectivity index (χ2n) is 4.87. The fourth-order valence-corrected chi connectivity index (χ4v) is 2.62. The Kier molecular flexibility index (Phi) is 2.87. The molecule has 2 aliphatic rings. The zero-order valence-electron chi connectivity index (χ0n) is 10.1. The summed E-state index contributed by atoms with van der Waals surface area (Å²) in [5.74, 6) is -1.41. The van der Waals surface area contributed by atoms with E-state index in [4.69, 9.17) is 9.47 Å². The van der Waals surface area contributed by atoms with Crippen molar-refractivity contribution < 1.29 is 24.2 Å². The van der Waals surface area contributed by atoms with Gasteiger partial charge in [-0.2, -0.15) is 0 Å². The minimum Gasteiger partial charge on any atom is -0.479 e. The van der Waals surface area contributed by atoms with E-state index in [1.807, 2.05) is 13.8 Å². The van der Waals surface area contributed by atoms with Crippen molar-refractivity contribution in [3.63, 3.8) is 0 Å². The van der Waals surface area contributed by atoms with E-state index in [0.717, 1.165) is 0 Å². The van der Waals surface area contributed by atoms with Gasteiger partial charge in [0.1, 0.15) is 0 Å². The summed E-state index contributed by atoms with van der Waals surface area (Å²) in [6.45, 7) is 5.19. The van der Waals surface area contributed by atoms with E-state index >= 15 is 0 Å². The lowest BCUT2D eigenvalue weighted by Gasteiger charge is -2.42.